The fraction of sp³-hybridized carbons (Fsp3) is 0.389. The number of Topliss-reactive ketones (excluding diaryl/α,β-unsaturated/α-hetero) is 1. The molecule has 0 N–H and O–H groups in total. The lowest BCUT2D eigenvalue weighted by Gasteiger charge is -2.19. The van der Waals surface area contributed by atoms with Crippen molar-refractivity contribution in [3.63, 3.8) is 0 Å². The van der Waals surface area contributed by atoms with Gasteiger partial charge in [-0.05, 0) is 24.5 Å². The Bertz CT molecular complexity index is 747. The van der Waals surface area contributed by atoms with E-state index in [0.29, 0.717) is 11.7 Å². The Morgan fingerprint density at radius 3 is 2.25 bits per heavy atom. The van der Waals surface area contributed by atoms with Crippen LogP contribution in [0.2, 0.25) is 0 Å². The SMILES string of the molecule is CC1CC1C(=O)OCC(=O)C(C#N)=C1N(C)c2ccccc2N1C. The summed E-state index contributed by atoms with van der Waals surface area (Å²) < 4.78 is 5.08. The number of hydrogen-bond donors (Lipinski definition) is 0. The van der Waals surface area contributed by atoms with Gasteiger partial charge in [0.25, 0.3) is 0 Å². The van der Waals surface area contributed by atoms with Gasteiger partial charge in [0.05, 0.1) is 17.3 Å². The van der Waals surface area contributed by atoms with Crippen molar-refractivity contribution in [1.82, 2.24) is 0 Å². The minimum atomic E-state index is -0.486. The Hall–Kier alpha value is -2.81. The van der Waals surface area contributed by atoms with Gasteiger partial charge >= 0.3 is 5.97 Å². The van der Waals surface area contributed by atoms with Crippen LogP contribution in [0.25, 0.3) is 0 Å². The summed E-state index contributed by atoms with van der Waals surface area (Å²) >= 11 is 0. The number of esters is 1. The number of nitrogens with zero attached hydrogens (tertiary/aromatic N) is 3. The maximum atomic E-state index is 12.4. The molecule has 1 saturated carbocycles. The van der Waals surface area contributed by atoms with E-state index in [1.54, 1.807) is 23.9 Å². The van der Waals surface area contributed by atoms with Crippen molar-refractivity contribution < 1.29 is 14.3 Å². The molecule has 24 heavy (non-hydrogen) atoms. The number of carbonyl (C=O) groups excluding carboxylic acids is 2. The molecule has 2 unspecified atom stereocenters. The van der Waals surface area contributed by atoms with Gasteiger partial charge in [-0.3, -0.25) is 9.59 Å². The summed E-state index contributed by atoms with van der Waals surface area (Å²) in [6.07, 6.45) is 0.806. The predicted octanol–water partition coefficient (Wildman–Crippen LogP) is 2.08. The van der Waals surface area contributed by atoms with E-state index in [4.69, 9.17) is 4.74 Å². The van der Waals surface area contributed by atoms with Crippen molar-refractivity contribution >= 4 is 23.1 Å². The highest BCUT2D eigenvalue weighted by Gasteiger charge is 2.41. The number of rotatable bonds is 4. The Labute approximate surface area is 140 Å². The van der Waals surface area contributed by atoms with Crippen molar-refractivity contribution in [2.45, 2.75) is 13.3 Å². The van der Waals surface area contributed by atoms with Crippen LogP contribution in [0.1, 0.15) is 13.3 Å². The average Bonchev–Trinajstić information content (AvgIpc) is 3.27. The Morgan fingerprint density at radius 2 is 1.79 bits per heavy atom. The summed E-state index contributed by atoms with van der Waals surface area (Å²) in [7, 11) is 3.61. The Kier molecular flexibility index (Phi) is 4.02. The molecule has 0 radical (unpaired) electrons. The summed E-state index contributed by atoms with van der Waals surface area (Å²) in [5.41, 5.74) is 1.83. The van der Waals surface area contributed by atoms with Gasteiger partial charge in [0.2, 0.25) is 5.78 Å². The fourth-order valence-electron chi connectivity index (χ4n) is 3.02. The largest absolute Gasteiger partial charge is 0.457 e. The second-order valence-corrected chi connectivity index (χ2v) is 6.27. The molecule has 1 aromatic carbocycles. The van der Waals surface area contributed by atoms with Crippen molar-refractivity contribution in [2.75, 3.05) is 30.5 Å². The van der Waals surface area contributed by atoms with Gasteiger partial charge in [-0.15, -0.1) is 0 Å². The molecule has 1 fully saturated rings. The number of anilines is 2. The Morgan fingerprint density at radius 1 is 1.25 bits per heavy atom. The first-order valence-electron chi connectivity index (χ1n) is 7.86. The minimum absolute atomic E-state index is 0.00662. The van der Waals surface area contributed by atoms with Gasteiger partial charge in [-0.2, -0.15) is 5.26 Å². The number of ether oxygens (including phenoxy) is 1. The van der Waals surface area contributed by atoms with Gasteiger partial charge in [0.15, 0.2) is 6.61 Å². The number of nitriles is 1. The zero-order chi connectivity index (χ0) is 17.4. The number of ketones is 1. The maximum absolute atomic E-state index is 12.4. The first kappa shape index (κ1) is 16.1. The van der Waals surface area contributed by atoms with E-state index in [2.05, 4.69) is 0 Å². The molecule has 2 atom stereocenters. The molecule has 0 saturated heterocycles. The quantitative estimate of drug-likeness (QED) is 0.479. The van der Waals surface area contributed by atoms with Crippen molar-refractivity contribution in [1.29, 1.82) is 5.26 Å². The molecule has 1 aliphatic heterocycles. The zero-order valence-electron chi connectivity index (χ0n) is 13.9. The van der Waals surface area contributed by atoms with E-state index >= 15 is 0 Å². The third-order valence-electron chi connectivity index (χ3n) is 4.61. The van der Waals surface area contributed by atoms with Crippen molar-refractivity contribution in [3.8, 4) is 6.07 Å². The molecule has 0 bridgehead atoms. The lowest BCUT2D eigenvalue weighted by atomic mass is 10.2. The van der Waals surface area contributed by atoms with E-state index < -0.39 is 12.4 Å². The molecule has 6 heteroatoms. The monoisotopic (exact) mass is 325 g/mol. The third-order valence-corrected chi connectivity index (χ3v) is 4.61. The third kappa shape index (κ3) is 2.62. The standard InChI is InChI=1S/C18H19N3O3/c1-11-8-12(11)18(23)24-10-16(22)13(9-19)17-20(2)14-6-4-5-7-15(14)21(17)3/h4-7,11-12H,8,10H2,1-3H3. The molecule has 0 amide bonds. The highest BCUT2D eigenvalue weighted by molar-refractivity contribution is 6.04. The molecule has 124 valence electrons. The average molecular weight is 325 g/mol. The summed E-state index contributed by atoms with van der Waals surface area (Å²) in [6, 6.07) is 9.62. The summed E-state index contributed by atoms with van der Waals surface area (Å²) in [5.74, 6) is -0.116. The normalized spacial score (nSPS) is 21.2. The van der Waals surface area contributed by atoms with Crippen LogP contribution in [0.5, 0.6) is 0 Å². The fourth-order valence-corrected chi connectivity index (χ4v) is 3.02. The summed E-state index contributed by atoms with van der Waals surface area (Å²) in [6.45, 7) is 1.57. The van der Waals surface area contributed by atoms with Gasteiger partial charge in [-0.1, -0.05) is 19.1 Å². The van der Waals surface area contributed by atoms with Crippen LogP contribution in [-0.2, 0) is 14.3 Å². The van der Waals surface area contributed by atoms with Gasteiger partial charge in [-0.25, -0.2) is 0 Å². The zero-order valence-corrected chi connectivity index (χ0v) is 13.9. The van der Waals surface area contributed by atoms with Gasteiger partial charge < -0.3 is 14.5 Å². The summed E-state index contributed by atoms with van der Waals surface area (Å²) in [4.78, 5) is 27.8. The first-order valence-corrected chi connectivity index (χ1v) is 7.86. The maximum Gasteiger partial charge on any atom is 0.309 e. The molecule has 1 heterocycles. The van der Waals surface area contributed by atoms with Crippen LogP contribution in [0, 0.1) is 23.2 Å². The number of hydrogen-bond acceptors (Lipinski definition) is 6. The highest BCUT2D eigenvalue weighted by Crippen LogP contribution is 2.40. The molecule has 1 aromatic rings. The number of benzene rings is 1. The lowest BCUT2D eigenvalue weighted by Crippen LogP contribution is -2.28. The second kappa shape index (κ2) is 6.00. The van der Waals surface area contributed by atoms with Crippen LogP contribution >= 0.6 is 0 Å². The van der Waals surface area contributed by atoms with E-state index in [0.717, 1.165) is 17.8 Å². The predicted molar refractivity (Wildman–Crippen MR) is 89.1 cm³/mol. The smallest absolute Gasteiger partial charge is 0.309 e. The molecule has 0 aromatic heterocycles. The number of fused-ring (bicyclic) bond motifs is 1. The number of carbonyl (C=O) groups is 2. The molecular weight excluding hydrogens is 306 g/mol. The van der Waals surface area contributed by atoms with E-state index in [-0.39, 0.29) is 17.5 Å². The number of para-hydroxylation sites is 2. The van der Waals surface area contributed by atoms with Crippen LogP contribution in [0.3, 0.4) is 0 Å². The molecule has 6 nitrogen and oxygen atoms in total. The van der Waals surface area contributed by atoms with Crippen LogP contribution in [-0.4, -0.2) is 32.5 Å². The van der Waals surface area contributed by atoms with Crippen molar-refractivity contribution in [2.24, 2.45) is 11.8 Å². The van der Waals surface area contributed by atoms with Crippen LogP contribution < -0.4 is 9.80 Å². The summed E-state index contributed by atoms with van der Waals surface area (Å²) in [5, 5.41) is 9.48. The van der Waals surface area contributed by atoms with Crippen molar-refractivity contribution in [3.05, 3.63) is 35.7 Å². The van der Waals surface area contributed by atoms with E-state index in [1.807, 2.05) is 37.3 Å². The van der Waals surface area contributed by atoms with Crippen LogP contribution in [0.4, 0.5) is 11.4 Å². The van der Waals surface area contributed by atoms with Gasteiger partial charge in [0.1, 0.15) is 17.5 Å². The second-order valence-electron chi connectivity index (χ2n) is 6.27. The molecule has 1 aliphatic carbocycles. The Balaban J connectivity index is 1.80. The topological polar surface area (TPSA) is 73.6 Å². The van der Waals surface area contributed by atoms with E-state index in [1.165, 1.54) is 0 Å². The molecular formula is C18H19N3O3. The molecule has 3 rings (SSSR count). The lowest BCUT2D eigenvalue weighted by molar-refractivity contribution is -0.148. The van der Waals surface area contributed by atoms with Crippen LogP contribution in [0.15, 0.2) is 35.7 Å². The van der Waals surface area contributed by atoms with E-state index in [9.17, 15) is 14.9 Å². The minimum Gasteiger partial charge on any atom is -0.457 e. The van der Waals surface area contributed by atoms with Gasteiger partial charge in [0, 0.05) is 14.1 Å². The highest BCUT2D eigenvalue weighted by atomic mass is 16.5. The molecule has 2 aliphatic rings. The molecule has 0 spiro atoms. The first-order chi connectivity index (χ1) is 11.5.